The average Bonchev–Trinajstić information content (AvgIpc) is 3.12. The van der Waals surface area contributed by atoms with Crippen LogP contribution in [0.2, 0.25) is 5.02 Å². The van der Waals surface area contributed by atoms with Crippen molar-refractivity contribution < 1.29 is 4.39 Å². The molecule has 19 heavy (non-hydrogen) atoms. The van der Waals surface area contributed by atoms with E-state index in [9.17, 15) is 4.39 Å². The number of nitrogens with zero attached hydrogens (tertiary/aromatic N) is 2. The number of aromatic nitrogens is 2. The number of hydrogen-bond acceptors (Lipinski definition) is 1. The molecule has 0 aliphatic heterocycles. The summed E-state index contributed by atoms with van der Waals surface area (Å²) in [5.74, 6) is 1.02. The summed E-state index contributed by atoms with van der Waals surface area (Å²) in [5, 5.41) is -0.111. The summed E-state index contributed by atoms with van der Waals surface area (Å²) < 4.78 is 15.8. The van der Waals surface area contributed by atoms with Crippen LogP contribution in [0.15, 0.2) is 12.1 Å². The molecule has 1 aromatic heterocycles. The highest BCUT2D eigenvalue weighted by molar-refractivity contribution is 6.31. The highest BCUT2D eigenvalue weighted by Crippen LogP contribution is 2.42. The molecule has 0 N–H and O–H groups in total. The summed E-state index contributed by atoms with van der Waals surface area (Å²) in [6.07, 6.45) is 2.43. The molecule has 1 aliphatic carbocycles. The summed E-state index contributed by atoms with van der Waals surface area (Å²) in [5.41, 5.74) is 1.49. The van der Waals surface area contributed by atoms with Gasteiger partial charge in [0.1, 0.15) is 11.6 Å². The van der Waals surface area contributed by atoms with Crippen molar-refractivity contribution in [3.8, 4) is 0 Å². The van der Waals surface area contributed by atoms with Crippen molar-refractivity contribution in [3.63, 3.8) is 0 Å². The lowest BCUT2D eigenvalue weighted by atomic mass is 10.2. The van der Waals surface area contributed by atoms with E-state index in [-0.39, 0.29) is 10.4 Å². The van der Waals surface area contributed by atoms with Gasteiger partial charge in [-0.25, -0.2) is 9.37 Å². The number of hydrogen-bond donors (Lipinski definition) is 0. The van der Waals surface area contributed by atoms with Crippen LogP contribution in [0.25, 0.3) is 11.0 Å². The maximum Gasteiger partial charge on any atom is 0.144 e. The molecule has 1 fully saturated rings. The van der Waals surface area contributed by atoms with E-state index in [0.29, 0.717) is 17.5 Å². The van der Waals surface area contributed by atoms with Gasteiger partial charge >= 0.3 is 0 Å². The second-order valence-corrected chi connectivity index (χ2v) is 6.35. The second-order valence-electron chi connectivity index (χ2n) is 5.29. The largest absolute Gasteiger partial charge is 0.324 e. The number of fused-ring (bicyclic) bond motifs is 1. The van der Waals surface area contributed by atoms with Crippen LogP contribution in [0.5, 0.6) is 0 Å². The van der Waals surface area contributed by atoms with E-state index in [1.807, 2.05) is 6.92 Å². The minimum Gasteiger partial charge on any atom is -0.324 e. The zero-order chi connectivity index (χ0) is 13.7. The van der Waals surface area contributed by atoms with Crippen LogP contribution in [0.1, 0.15) is 43.9 Å². The molecule has 2 unspecified atom stereocenters. The molecule has 1 heterocycles. The summed E-state index contributed by atoms with van der Waals surface area (Å²) in [7, 11) is 0. The maximum absolute atomic E-state index is 13.7. The van der Waals surface area contributed by atoms with E-state index < -0.39 is 5.82 Å². The number of benzene rings is 1. The zero-order valence-electron chi connectivity index (χ0n) is 10.8. The predicted octanol–water partition coefficient (Wildman–Crippen LogP) is 5.10. The van der Waals surface area contributed by atoms with Crippen LogP contribution in [0, 0.1) is 11.7 Å². The lowest BCUT2D eigenvalue weighted by molar-refractivity contribution is 0.479. The van der Waals surface area contributed by atoms with Gasteiger partial charge in [-0.15, -0.1) is 11.6 Å². The molecule has 102 valence electrons. The van der Waals surface area contributed by atoms with Crippen LogP contribution < -0.4 is 0 Å². The molecule has 1 aliphatic rings. The first-order valence-corrected chi connectivity index (χ1v) is 7.31. The van der Waals surface area contributed by atoms with Gasteiger partial charge in [-0.05, 0) is 38.7 Å². The van der Waals surface area contributed by atoms with Crippen LogP contribution in [-0.4, -0.2) is 9.55 Å². The molecule has 2 aromatic rings. The molecule has 0 saturated heterocycles. The first-order valence-electron chi connectivity index (χ1n) is 6.50. The molecule has 0 amide bonds. The number of imidazole rings is 1. The Kier molecular flexibility index (Phi) is 3.22. The predicted molar refractivity (Wildman–Crippen MR) is 76.4 cm³/mol. The Hall–Kier alpha value is -0.800. The first kappa shape index (κ1) is 13.2. The van der Waals surface area contributed by atoms with Gasteiger partial charge in [0.25, 0.3) is 0 Å². The molecule has 3 rings (SSSR count). The standard InChI is InChI=1S/C14H15Cl2FN2/c1-7(15)14-18-12-5-10(16)11(17)6-13(12)19(14)8(2)9-3-4-9/h5-9H,3-4H2,1-2H3. The third kappa shape index (κ3) is 2.23. The Morgan fingerprint density at radius 3 is 2.63 bits per heavy atom. The Morgan fingerprint density at radius 1 is 1.37 bits per heavy atom. The minimum absolute atomic E-state index is 0.102. The highest BCUT2D eigenvalue weighted by Gasteiger charge is 2.32. The van der Waals surface area contributed by atoms with Gasteiger partial charge in [-0.3, -0.25) is 0 Å². The molecule has 0 radical (unpaired) electrons. The molecule has 2 atom stereocenters. The Labute approximate surface area is 121 Å². The third-order valence-corrected chi connectivity index (χ3v) is 4.31. The van der Waals surface area contributed by atoms with Crippen LogP contribution in [0.4, 0.5) is 4.39 Å². The average molecular weight is 301 g/mol. The number of halogens is 3. The number of rotatable bonds is 3. The fourth-order valence-corrected chi connectivity index (χ4v) is 2.92. The minimum atomic E-state index is -0.410. The molecule has 0 bridgehead atoms. The smallest absolute Gasteiger partial charge is 0.144 e. The van der Waals surface area contributed by atoms with Crippen molar-refractivity contribution in [2.75, 3.05) is 0 Å². The van der Waals surface area contributed by atoms with Crippen LogP contribution in [-0.2, 0) is 0 Å². The fraction of sp³-hybridized carbons (Fsp3) is 0.500. The van der Waals surface area contributed by atoms with E-state index in [2.05, 4.69) is 16.5 Å². The molecule has 0 spiro atoms. The van der Waals surface area contributed by atoms with Crippen molar-refractivity contribution in [2.24, 2.45) is 5.92 Å². The van der Waals surface area contributed by atoms with Crippen LogP contribution in [0.3, 0.4) is 0 Å². The van der Waals surface area contributed by atoms with E-state index in [1.165, 1.54) is 18.9 Å². The lowest BCUT2D eigenvalue weighted by Gasteiger charge is -2.18. The number of alkyl halides is 1. The Morgan fingerprint density at radius 2 is 2.05 bits per heavy atom. The van der Waals surface area contributed by atoms with E-state index in [0.717, 1.165) is 11.3 Å². The van der Waals surface area contributed by atoms with Gasteiger partial charge < -0.3 is 4.57 Å². The second kappa shape index (κ2) is 4.64. The van der Waals surface area contributed by atoms with Gasteiger partial charge in [0.2, 0.25) is 0 Å². The third-order valence-electron chi connectivity index (χ3n) is 3.83. The van der Waals surface area contributed by atoms with Crippen molar-refractivity contribution >= 4 is 34.2 Å². The van der Waals surface area contributed by atoms with Crippen molar-refractivity contribution in [1.82, 2.24) is 9.55 Å². The summed E-state index contributed by atoms with van der Waals surface area (Å²) in [6.45, 7) is 4.03. The summed E-state index contributed by atoms with van der Waals surface area (Å²) >= 11 is 12.0. The summed E-state index contributed by atoms with van der Waals surface area (Å²) in [4.78, 5) is 4.53. The first-order chi connectivity index (χ1) is 8.99. The normalized spacial score (nSPS) is 18.8. The van der Waals surface area contributed by atoms with Gasteiger partial charge in [-0.1, -0.05) is 11.6 Å². The molecule has 5 heteroatoms. The quantitative estimate of drug-likeness (QED) is 0.721. The van der Waals surface area contributed by atoms with E-state index >= 15 is 0 Å². The highest BCUT2D eigenvalue weighted by atomic mass is 35.5. The monoisotopic (exact) mass is 300 g/mol. The topological polar surface area (TPSA) is 17.8 Å². The van der Waals surface area contributed by atoms with E-state index in [4.69, 9.17) is 23.2 Å². The zero-order valence-corrected chi connectivity index (χ0v) is 12.3. The van der Waals surface area contributed by atoms with Crippen molar-refractivity contribution in [3.05, 3.63) is 28.8 Å². The van der Waals surface area contributed by atoms with Crippen molar-refractivity contribution in [1.29, 1.82) is 0 Å². The molecule has 1 saturated carbocycles. The van der Waals surface area contributed by atoms with Gasteiger partial charge in [-0.2, -0.15) is 0 Å². The van der Waals surface area contributed by atoms with Crippen molar-refractivity contribution in [2.45, 2.75) is 38.1 Å². The molecular formula is C14H15Cl2FN2. The molecule has 1 aromatic carbocycles. The molecule has 2 nitrogen and oxygen atoms in total. The lowest BCUT2D eigenvalue weighted by Crippen LogP contribution is -2.11. The Balaban J connectivity index is 2.25. The van der Waals surface area contributed by atoms with E-state index in [1.54, 1.807) is 6.07 Å². The SMILES string of the molecule is CC(Cl)c1nc2cc(Cl)c(F)cc2n1C(C)C1CC1. The van der Waals surface area contributed by atoms with Gasteiger partial charge in [0, 0.05) is 12.1 Å². The van der Waals surface area contributed by atoms with Gasteiger partial charge in [0.15, 0.2) is 0 Å². The van der Waals surface area contributed by atoms with Gasteiger partial charge in [0.05, 0.1) is 21.4 Å². The summed E-state index contributed by atoms with van der Waals surface area (Å²) in [6, 6.07) is 3.33. The fourth-order valence-electron chi connectivity index (χ4n) is 2.61. The molecular weight excluding hydrogens is 286 g/mol. The van der Waals surface area contributed by atoms with Crippen LogP contribution >= 0.6 is 23.2 Å². The Bertz CT molecular complexity index is 632. The maximum atomic E-state index is 13.7.